The third-order valence-corrected chi connectivity index (χ3v) is 5.34. The molecule has 9 heteroatoms. The van der Waals surface area contributed by atoms with Crippen LogP contribution in [0.15, 0.2) is 28.2 Å². The number of pyridine rings is 1. The van der Waals surface area contributed by atoms with Crippen molar-refractivity contribution in [3.8, 4) is 0 Å². The van der Waals surface area contributed by atoms with Crippen LogP contribution in [0.25, 0.3) is 0 Å². The van der Waals surface area contributed by atoms with Crippen molar-refractivity contribution >= 4 is 16.1 Å². The minimum absolute atomic E-state index is 0.0104. The molecule has 0 spiro atoms. The number of hydrogen-bond acceptors (Lipinski definition) is 4. The van der Waals surface area contributed by atoms with E-state index in [1.807, 2.05) is 0 Å². The van der Waals surface area contributed by atoms with Gasteiger partial charge in [0.25, 0.3) is 0 Å². The van der Waals surface area contributed by atoms with E-state index in [1.54, 1.807) is 0 Å². The summed E-state index contributed by atoms with van der Waals surface area (Å²) in [5.41, 5.74) is 4.48. The van der Waals surface area contributed by atoms with Crippen molar-refractivity contribution in [2.24, 2.45) is 11.7 Å². The average Bonchev–Trinajstić information content (AvgIpc) is 2.45. The van der Waals surface area contributed by atoms with Crippen LogP contribution in [0.1, 0.15) is 12.8 Å². The van der Waals surface area contributed by atoms with Crippen LogP contribution in [0.3, 0.4) is 0 Å². The maximum Gasteiger partial charge on any atom is 0.312 e. The molecule has 1 unspecified atom stereocenters. The maximum atomic E-state index is 12.5. The fourth-order valence-corrected chi connectivity index (χ4v) is 3.99. The van der Waals surface area contributed by atoms with Crippen LogP contribution in [0.5, 0.6) is 0 Å². The van der Waals surface area contributed by atoms with Gasteiger partial charge in [-0.2, -0.15) is 4.31 Å². The Balaban J connectivity index is 2.15. The molecule has 0 saturated carbocycles. The van der Waals surface area contributed by atoms with E-state index < -0.39 is 21.5 Å². The molecular weight excluding hydrogens is 296 g/mol. The minimum atomic E-state index is -3.82. The monoisotopic (exact) mass is 314 g/mol. The van der Waals surface area contributed by atoms with Gasteiger partial charge in [0.1, 0.15) is 4.90 Å². The van der Waals surface area contributed by atoms with Crippen molar-refractivity contribution in [2.45, 2.75) is 17.7 Å². The average molecular weight is 314 g/mol. The van der Waals surface area contributed by atoms with Gasteiger partial charge in [0, 0.05) is 38.1 Å². The molecule has 0 bridgehead atoms. The predicted molar refractivity (Wildman–Crippen MR) is 76.1 cm³/mol. The number of carbonyl (C=O) groups is 1. The first-order chi connectivity index (χ1) is 9.91. The number of rotatable bonds is 4. The number of H-pyrrole nitrogens is 1. The number of nitrogens with two attached hydrogens (primary N) is 1. The van der Waals surface area contributed by atoms with Crippen LogP contribution in [0.2, 0.25) is 0 Å². The first-order valence-electron chi connectivity index (χ1n) is 6.62. The number of primary amides is 1. The van der Waals surface area contributed by atoms with Gasteiger partial charge in [-0.3, -0.25) is 4.79 Å². The van der Waals surface area contributed by atoms with E-state index in [0.717, 1.165) is 6.42 Å². The topological polar surface area (TPSA) is 125 Å². The molecule has 1 fully saturated rings. The van der Waals surface area contributed by atoms with Crippen LogP contribution in [-0.4, -0.2) is 43.4 Å². The van der Waals surface area contributed by atoms with Gasteiger partial charge in [-0.1, -0.05) is 0 Å². The summed E-state index contributed by atoms with van der Waals surface area (Å²) in [6, 6.07) is 0.553. The number of hydrogen-bond donors (Lipinski definition) is 3. The van der Waals surface area contributed by atoms with E-state index in [9.17, 15) is 18.0 Å². The maximum absolute atomic E-state index is 12.5. The Morgan fingerprint density at radius 2 is 2.29 bits per heavy atom. The highest BCUT2D eigenvalue weighted by Crippen LogP contribution is 2.21. The van der Waals surface area contributed by atoms with Crippen molar-refractivity contribution in [3.05, 3.63) is 28.7 Å². The van der Waals surface area contributed by atoms with E-state index in [2.05, 4.69) is 10.3 Å². The standard InChI is InChI=1S/C12H18N4O4S/c13-12(18)15-6-9-2-1-5-16(8-9)21(19,20)11-7-14-4-3-10(11)17/h3-4,7,9H,1-2,5-6,8H2,(H,14,17)(H3,13,15,18). The molecule has 1 aromatic heterocycles. The summed E-state index contributed by atoms with van der Waals surface area (Å²) in [7, 11) is -3.82. The van der Waals surface area contributed by atoms with Gasteiger partial charge in [-0.15, -0.1) is 0 Å². The molecule has 1 atom stereocenters. The van der Waals surface area contributed by atoms with Crippen molar-refractivity contribution in [2.75, 3.05) is 19.6 Å². The molecule has 116 valence electrons. The molecule has 0 aromatic carbocycles. The summed E-state index contributed by atoms with van der Waals surface area (Å²) in [6.07, 6.45) is 4.06. The van der Waals surface area contributed by atoms with Crippen LogP contribution in [0.4, 0.5) is 4.79 Å². The Morgan fingerprint density at radius 1 is 1.52 bits per heavy atom. The Morgan fingerprint density at radius 3 is 2.95 bits per heavy atom. The molecule has 1 aliphatic rings. The van der Waals surface area contributed by atoms with Gasteiger partial charge in [-0.25, -0.2) is 13.2 Å². The van der Waals surface area contributed by atoms with Gasteiger partial charge in [0.15, 0.2) is 0 Å². The van der Waals surface area contributed by atoms with E-state index in [0.29, 0.717) is 19.5 Å². The molecule has 21 heavy (non-hydrogen) atoms. The van der Waals surface area contributed by atoms with Crippen molar-refractivity contribution in [1.82, 2.24) is 14.6 Å². The highest BCUT2D eigenvalue weighted by molar-refractivity contribution is 7.89. The Bertz CT molecular complexity index is 670. The third kappa shape index (κ3) is 3.61. The second-order valence-corrected chi connectivity index (χ2v) is 6.90. The lowest BCUT2D eigenvalue weighted by atomic mass is 10.00. The summed E-state index contributed by atoms with van der Waals surface area (Å²) in [6.45, 7) is 0.952. The molecule has 2 rings (SSSR count). The lowest BCUT2D eigenvalue weighted by molar-refractivity contribution is 0.236. The Hall–Kier alpha value is -1.87. The summed E-state index contributed by atoms with van der Waals surface area (Å²) in [5.74, 6) is -0.0104. The smallest absolute Gasteiger partial charge is 0.312 e. The fraction of sp³-hybridized carbons (Fsp3) is 0.500. The van der Waals surface area contributed by atoms with Crippen molar-refractivity contribution in [1.29, 1.82) is 0 Å². The second kappa shape index (κ2) is 6.27. The van der Waals surface area contributed by atoms with Crippen LogP contribution < -0.4 is 16.5 Å². The van der Waals surface area contributed by atoms with E-state index in [4.69, 9.17) is 5.73 Å². The van der Waals surface area contributed by atoms with E-state index >= 15 is 0 Å². The van der Waals surface area contributed by atoms with Crippen molar-refractivity contribution < 1.29 is 13.2 Å². The predicted octanol–water partition coefficient (Wildman–Crippen LogP) is -0.556. The summed E-state index contributed by atoms with van der Waals surface area (Å²) >= 11 is 0. The number of aromatic nitrogens is 1. The first-order valence-corrected chi connectivity index (χ1v) is 8.06. The summed E-state index contributed by atoms with van der Waals surface area (Å²) in [4.78, 5) is 24.8. The van der Waals surface area contributed by atoms with E-state index in [1.165, 1.54) is 22.8 Å². The molecule has 8 nitrogen and oxygen atoms in total. The highest BCUT2D eigenvalue weighted by Gasteiger charge is 2.31. The number of piperidine rings is 1. The molecular formula is C12H18N4O4S. The number of carbonyl (C=O) groups excluding carboxylic acids is 1. The van der Waals surface area contributed by atoms with Crippen LogP contribution in [-0.2, 0) is 10.0 Å². The van der Waals surface area contributed by atoms with Gasteiger partial charge >= 0.3 is 6.03 Å². The number of nitrogens with one attached hydrogen (secondary N) is 2. The SMILES string of the molecule is NC(=O)NCC1CCCN(S(=O)(=O)c2c[nH]ccc2=O)C1. The lowest BCUT2D eigenvalue weighted by Crippen LogP contribution is -2.45. The number of amides is 2. The van der Waals surface area contributed by atoms with Crippen LogP contribution >= 0.6 is 0 Å². The minimum Gasteiger partial charge on any atom is -0.366 e. The quantitative estimate of drug-likeness (QED) is 0.689. The lowest BCUT2D eigenvalue weighted by Gasteiger charge is -2.31. The van der Waals surface area contributed by atoms with Crippen LogP contribution in [0, 0.1) is 5.92 Å². The molecule has 1 aliphatic heterocycles. The first kappa shape index (κ1) is 15.5. The molecule has 1 saturated heterocycles. The van der Waals surface area contributed by atoms with Gasteiger partial charge in [0.05, 0.1) is 0 Å². The highest BCUT2D eigenvalue weighted by atomic mass is 32.2. The van der Waals surface area contributed by atoms with E-state index in [-0.39, 0.29) is 17.4 Å². The second-order valence-electron chi connectivity index (χ2n) is 4.99. The van der Waals surface area contributed by atoms with Gasteiger partial charge < -0.3 is 16.0 Å². The zero-order chi connectivity index (χ0) is 15.5. The number of nitrogens with zero attached hydrogens (tertiary/aromatic N) is 1. The molecule has 0 aliphatic carbocycles. The van der Waals surface area contributed by atoms with Gasteiger partial charge in [0.2, 0.25) is 15.5 Å². The fourth-order valence-electron chi connectivity index (χ4n) is 2.40. The van der Waals surface area contributed by atoms with Gasteiger partial charge in [-0.05, 0) is 18.8 Å². The molecule has 2 heterocycles. The number of sulfonamides is 1. The molecule has 0 radical (unpaired) electrons. The summed E-state index contributed by atoms with van der Waals surface area (Å²) < 4.78 is 26.3. The Kier molecular flexibility index (Phi) is 4.63. The molecule has 4 N–H and O–H groups in total. The third-order valence-electron chi connectivity index (χ3n) is 3.45. The normalized spacial score (nSPS) is 20.1. The Labute approximate surface area is 122 Å². The number of aromatic amines is 1. The largest absolute Gasteiger partial charge is 0.366 e. The number of urea groups is 1. The zero-order valence-electron chi connectivity index (χ0n) is 11.4. The van der Waals surface area contributed by atoms with Crippen molar-refractivity contribution in [3.63, 3.8) is 0 Å². The zero-order valence-corrected chi connectivity index (χ0v) is 12.2. The molecule has 1 aromatic rings. The summed E-state index contributed by atoms with van der Waals surface area (Å²) in [5, 5.41) is 2.49. The molecule has 2 amide bonds.